The van der Waals surface area contributed by atoms with Crippen molar-refractivity contribution in [3.63, 3.8) is 0 Å². The maximum Gasteiger partial charge on any atom is 0.164 e. The van der Waals surface area contributed by atoms with Crippen LogP contribution < -0.4 is 4.74 Å². The zero-order chi connectivity index (χ0) is 31.2. The molecule has 9 rings (SSSR count). The number of benzene rings is 6. The topological polar surface area (TPSA) is 60.8 Å². The van der Waals surface area contributed by atoms with Gasteiger partial charge in [-0.3, -0.25) is 4.98 Å². The summed E-state index contributed by atoms with van der Waals surface area (Å²) in [7, 11) is 0. The number of fused-ring (bicyclic) bond motifs is 2. The lowest BCUT2D eigenvalue weighted by Crippen LogP contribution is -2.00. The van der Waals surface area contributed by atoms with Gasteiger partial charge < -0.3 is 4.74 Å². The van der Waals surface area contributed by atoms with Crippen molar-refractivity contribution in [2.75, 3.05) is 0 Å². The predicted octanol–water partition coefficient (Wildman–Crippen LogP) is 10.5. The van der Waals surface area contributed by atoms with Gasteiger partial charge in [0.15, 0.2) is 17.5 Å². The van der Waals surface area contributed by atoms with Gasteiger partial charge in [-0.2, -0.15) is 0 Å². The van der Waals surface area contributed by atoms with E-state index < -0.39 is 0 Å². The van der Waals surface area contributed by atoms with Crippen LogP contribution in [0.4, 0.5) is 0 Å². The van der Waals surface area contributed by atoms with Gasteiger partial charge in [-0.1, -0.05) is 115 Å². The molecule has 0 radical (unpaired) electrons. The van der Waals surface area contributed by atoms with Gasteiger partial charge in [-0.05, 0) is 58.0 Å². The third kappa shape index (κ3) is 4.91. The first-order valence-electron chi connectivity index (χ1n) is 15.5. The summed E-state index contributed by atoms with van der Waals surface area (Å²) < 4.78 is 6.42. The second kappa shape index (κ2) is 11.2. The van der Waals surface area contributed by atoms with E-state index in [0.717, 1.165) is 61.4 Å². The Kier molecular flexibility index (Phi) is 6.39. The molecular formula is C42H26N4O. The van der Waals surface area contributed by atoms with Crippen LogP contribution in [0.25, 0.3) is 78.3 Å². The van der Waals surface area contributed by atoms with E-state index in [2.05, 4.69) is 89.9 Å². The Morgan fingerprint density at radius 3 is 1.79 bits per heavy atom. The first-order valence-corrected chi connectivity index (χ1v) is 15.5. The molecule has 6 aromatic carbocycles. The van der Waals surface area contributed by atoms with Crippen molar-refractivity contribution in [1.29, 1.82) is 0 Å². The van der Waals surface area contributed by atoms with Gasteiger partial charge in [0.1, 0.15) is 11.5 Å². The lowest BCUT2D eigenvalue weighted by Gasteiger charge is -2.22. The number of aromatic nitrogens is 4. The molecule has 0 aliphatic carbocycles. The third-order valence-electron chi connectivity index (χ3n) is 8.62. The fraction of sp³-hybridized carbons (Fsp3) is 0. The lowest BCUT2D eigenvalue weighted by molar-refractivity contribution is 0.487. The van der Waals surface area contributed by atoms with Gasteiger partial charge in [0.2, 0.25) is 0 Å². The van der Waals surface area contributed by atoms with Gasteiger partial charge in [0, 0.05) is 45.6 Å². The minimum absolute atomic E-state index is 0.616. The minimum Gasteiger partial charge on any atom is -0.456 e. The molecule has 0 N–H and O–H groups in total. The van der Waals surface area contributed by atoms with Crippen molar-refractivity contribution in [3.05, 3.63) is 158 Å². The molecule has 0 atom stereocenters. The quantitative estimate of drug-likeness (QED) is 0.196. The monoisotopic (exact) mass is 602 g/mol. The first-order chi connectivity index (χ1) is 23.3. The molecule has 0 amide bonds. The molecule has 1 aliphatic heterocycles. The Balaban J connectivity index is 1.09. The molecule has 0 fully saturated rings. The number of pyridine rings is 1. The summed E-state index contributed by atoms with van der Waals surface area (Å²) in [6.07, 6.45) is 3.64. The van der Waals surface area contributed by atoms with Gasteiger partial charge in [-0.25, -0.2) is 15.0 Å². The molecular weight excluding hydrogens is 576 g/mol. The highest BCUT2D eigenvalue weighted by Crippen LogP contribution is 2.47. The van der Waals surface area contributed by atoms with Crippen molar-refractivity contribution >= 4 is 10.8 Å². The summed E-state index contributed by atoms with van der Waals surface area (Å²) >= 11 is 0. The SMILES string of the molecule is c1ccc(-c2nc(-c3ccc(-c4ccc5c(c4)Oc4cccc6cccc-5c46)cc3)nc(-c3cccc(-c4cccnc4)c3)n2)cc1. The van der Waals surface area contributed by atoms with Crippen LogP contribution in [0.15, 0.2) is 158 Å². The van der Waals surface area contributed by atoms with Crippen LogP contribution in [0.2, 0.25) is 0 Å². The van der Waals surface area contributed by atoms with Gasteiger partial charge in [0.25, 0.3) is 0 Å². The lowest BCUT2D eigenvalue weighted by atomic mass is 9.93. The van der Waals surface area contributed by atoms with Gasteiger partial charge >= 0.3 is 0 Å². The minimum atomic E-state index is 0.616. The summed E-state index contributed by atoms with van der Waals surface area (Å²) in [5.41, 5.74) is 9.32. The Morgan fingerprint density at radius 1 is 0.383 bits per heavy atom. The molecule has 1 aliphatic rings. The van der Waals surface area contributed by atoms with Crippen molar-refractivity contribution in [2.24, 2.45) is 0 Å². The Labute approximate surface area is 271 Å². The summed E-state index contributed by atoms with van der Waals surface area (Å²) in [5, 5.41) is 2.35. The van der Waals surface area contributed by atoms with Crippen LogP contribution in [0.5, 0.6) is 11.5 Å². The smallest absolute Gasteiger partial charge is 0.164 e. The molecule has 3 heterocycles. The van der Waals surface area contributed by atoms with Crippen LogP contribution in [0.3, 0.4) is 0 Å². The molecule has 0 spiro atoms. The highest BCUT2D eigenvalue weighted by Gasteiger charge is 2.20. The standard InChI is InChI=1S/C42H26N4O/c1-2-8-29(9-3-1)40-44-41(46-42(45-40)33-13-4-12-31(24-33)34-14-7-23-43-26-34)30-19-17-27(18-20-30)32-21-22-35-36-15-5-10-28-11-6-16-37(39(28)36)47-38(35)25-32/h1-26H. The highest BCUT2D eigenvalue weighted by atomic mass is 16.5. The third-order valence-corrected chi connectivity index (χ3v) is 8.62. The van der Waals surface area contributed by atoms with Crippen LogP contribution in [0.1, 0.15) is 0 Å². The second-order valence-corrected chi connectivity index (χ2v) is 11.5. The number of hydrogen-bond acceptors (Lipinski definition) is 5. The van der Waals surface area contributed by atoms with E-state index in [0.29, 0.717) is 17.5 Å². The number of rotatable bonds is 5. The molecule has 47 heavy (non-hydrogen) atoms. The number of nitrogens with zero attached hydrogens (tertiary/aromatic N) is 4. The molecule has 5 nitrogen and oxygen atoms in total. The zero-order valence-electron chi connectivity index (χ0n) is 25.2. The summed E-state index contributed by atoms with van der Waals surface area (Å²) in [4.78, 5) is 19.1. The Morgan fingerprint density at radius 2 is 1.00 bits per heavy atom. The molecule has 5 heteroatoms. The highest BCUT2D eigenvalue weighted by molar-refractivity contribution is 6.04. The molecule has 0 saturated heterocycles. The summed E-state index contributed by atoms with van der Waals surface area (Å²) in [6.45, 7) is 0. The predicted molar refractivity (Wildman–Crippen MR) is 188 cm³/mol. The maximum absolute atomic E-state index is 6.42. The first kappa shape index (κ1) is 26.9. The Bertz CT molecular complexity index is 2420. The van der Waals surface area contributed by atoms with E-state index in [-0.39, 0.29) is 0 Å². The van der Waals surface area contributed by atoms with Crippen molar-refractivity contribution < 1.29 is 4.74 Å². The average molecular weight is 603 g/mol. The van der Waals surface area contributed by atoms with Gasteiger partial charge in [0.05, 0.1) is 0 Å². The summed E-state index contributed by atoms with van der Waals surface area (Å²) in [5.74, 6) is 3.62. The van der Waals surface area contributed by atoms with Crippen LogP contribution in [-0.2, 0) is 0 Å². The van der Waals surface area contributed by atoms with E-state index in [1.54, 1.807) is 6.20 Å². The van der Waals surface area contributed by atoms with Crippen LogP contribution in [0, 0.1) is 0 Å². The van der Waals surface area contributed by atoms with Crippen LogP contribution >= 0.6 is 0 Å². The van der Waals surface area contributed by atoms with Crippen molar-refractivity contribution in [1.82, 2.24) is 19.9 Å². The average Bonchev–Trinajstić information content (AvgIpc) is 3.15. The molecule has 0 unspecified atom stereocenters. The van der Waals surface area contributed by atoms with E-state index in [1.807, 2.05) is 66.9 Å². The largest absolute Gasteiger partial charge is 0.456 e. The number of hydrogen-bond donors (Lipinski definition) is 0. The Hall–Kier alpha value is -6.46. The summed E-state index contributed by atoms with van der Waals surface area (Å²) in [6, 6.07) is 49.7. The van der Waals surface area contributed by atoms with Crippen molar-refractivity contribution in [2.45, 2.75) is 0 Å². The van der Waals surface area contributed by atoms with Crippen molar-refractivity contribution in [3.8, 4) is 79.0 Å². The van der Waals surface area contributed by atoms with E-state index in [9.17, 15) is 0 Å². The zero-order valence-corrected chi connectivity index (χ0v) is 25.2. The normalized spacial score (nSPS) is 11.6. The number of ether oxygens (including phenoxy) is 1. The molecule has 2 aromatic heterocycles. The molecule has 0 bridgehead atoms. The fourth-order valence-corrected chi connectivity index (χ4v) is 6.28. The van der Waals surface area contributed by atoms with E-state index in [4.69, 9.17) is 19.7 Å². The maximum atomic E-state index is 6.42. The van der Waals surface area contributed by atoms with E-state index in [1.165, 1.54) is 10.9 Å². The van der Waals surface area contributed by atoms with Gasteiger partial charge in [-0.15, -0.1) is 0 Å². The van der Waals surface area contributed by atoms with Crippen LogP contribution in [-0.4, -0.2) is 19.9 Å². The molecule has 0 saturated carbocycles. The second-order valence-electron chi connectivity index (χ2n) is 11.5. The molecule has 8 aromatic rings. The molecule has 220 valence electrons. The van der Waals surface area contributed by atoms with E-state index >= 15 is 0 Å². The fourth-order valence-electron chi connectivity index (χ4n) is 6.28.